The maximum atomic E-state index is 12.7. The molecule has 132 valence electrons. The van der Waals surface area contributed by atoms with Gasteiger partial charge in [-0.15, -0.1) is 10.2 Å². The molecule has 0 saturated carbocycles. The first kappa shape index (κ1) is 15.7. The summed E-state index contributed by atoms with van der Waals surface area (Å²) in [5.41, 5.74) is 2.18. The molecular formula is C16H21N7O2. The van der Waals surface area contributed by atoms with E-state index in [4.69, 9.17) is 0 Å². The fraction of sp³-hybridized carbons (Fsp3) is 0.500. The summed E-state index contributed by atoms with van der Waals surface area (Å²) in [5.74, 6) is 0.681. The molecule has 1 saturated heterocycles. The second-order valence-corrected chi connectivity index (χ2v) is 6.85. The number of aromatic nitrogens is 5. The van der Waals surface area contributed by atoms with Crippen LogP contribution in [0.5, 0.6) is 0 Å². The molecule has 1 fully saturated rings. The number of nitrogens with zero attached hydrogens (tertiary/aromatic N) is 4. The number of likely N-dealkylation sites (tertiary alicyclic amines) is 1. The Kier molecular flexibility index (Phi) is 3.70. The van der Waals surface area contributed by atoms with E-state index in [2.05, 4.69) is 32.1 Å². The predicted molar refractivity (Wildman–Crippen MR) is 93.2 cm³/mol. The topological polar surface area (TPSA) is 114 Å². The third-order valence-electron chi connectivity index (χ3n) is 4.94. The van der Waals surface area contributed by atoms with Crippen LogP contribution in [0, 0.1) is 5.92 Å². The summed E-state index contributed by atoms with van der Waals surface area (Å²) >= 11 is 0. The van der Waals surface area contributed by atoms with Gasteiger partial charge in [0.2, 0.25) is 0 Å². The monoisotopic (exact) mass is 343 g/mol. The Morgan fingerprint density at radius 2 is 2.00 bits per heavy atom. The summed E-state index contributed by atoms with van der Waals surface area (Å²) in [6.45, 7) is 4.26. The van der Waals surface area contributed by atoms with E-state index in [-0.39, 0.29) is 11.7 Å². The lowest BCUT2D eigenvalue weighted by atomic mass is 9.99. The van der Waals surface area contributed by atoms with Crippen LogP contribution in [-0.4, -0.2) is 61.1 Å². The number of carbonyl (C=O) groups excluding carboxylic acids is 1. The number of piperidine rings is 1. The van der Waals surface area contributed by atoms with Crippen molar-refractivity contribution in [3.63, 3.8) is 0 Å². The van der Waals surface area contributed by atoms with Gasteiger partial charge >= 0.3 is 11.7 Å². The van der Waals surface area contributed by atoms with E-state index in [0.717, 1.165) is 36.9 Å². The van der Waals surface area contributed by atoms with Crippen LogP contribution >= 0.6 is 0 Å². The zero-order chi connectivity index (χ0) is 17.6. The summed E-state index contributed by atoms with van der Waals surface area (Å²) < 4.78 is 0. The van der Waals surface area contributed by atoms with Crippen molar-refractivity contribution in [1.29, 1.82) is 0 Å². The van der Waals surface area contributed by atoms with Gasteiger partial charge in [0.1, 0.15) is 0 Å². The molecule has 4 rings (SSSR count). The molecule has 3 N–H and O–H groups in total. The molecular weight excluding hydrogens is 322 g/mol. The van der Waals surface area contributed by atoms with Crippen molar-refractivity contribution >= 4 is 28.2 Å². The molecule has 0 aliphatic carbocycles. The number of rotatable bonds is 2. The Morgan fingerprint density at radius 3 is 2.76 bits per heavy atom. The highest BCUT2D eigenvalue weighted by atomic mass is 16.2. The average molecular weight is 343 g/mol. The number of carbonyl (C=O) groups is 1. The van der Waals surface area contributed by atoms with Crippen molar-refractivity contribution in [2.45, 2.75) is 26.3 Å². The first-order valence-corrected chi connectivity index (χ1v) is 8.47. The Hall–Kier alpha value is -2.84. The zero-order valence-corrected chi connectivity index (χ0v) is 14.3. The van der Waals surface area contributed by atoms with E-state index in [0.29, 0.717) is 29.3 Å². The Labute approximate surface area is 143 Å². The lowest BCUT2D eigenvalue weighted by Crippen LogP contribution is -2.44. The van der Waals surface area contributed by atoms with Crippen molar-refractivity contribution < 1.29 is 4.79 Å². The van der Waals surface area contributed by atoms with Crippen LogP contribution in [-0.2, 0) is 6.54 Å². The molecule has 9 heteroatoms. The standard InChI is InChI=1S/C16H21N7O2/c1-9-3-5-23(6-4-9)16(25)22(2)8-10-7-17-13-11(10)12-14(21-20-13)19-15(24)18-12/h7,9H,3-6,8H2,1-2H3,(H,17,20)(H2,18,19,21,24). The highest BCUT2D eigenvalue weighted by Crippen LogP contribution is 2.24. The molecule has 25 heavy (non-hydrogen) atoms. The third kappa shape index (κ3) is 2.75. The maximum absolute atomic E-state index is 12.7. The Bertz CT molecular complexity index is 977. The summed E-state index contributed by atoms with van der Waals surface area (Å²) in [6.07, 6.45) is 3.91. The highest BCUT2D eigenvalue weighted by Gasteiger charge is 2.24. The first-order valence-electron chi connectivity index (χ1n) is 8.47. The van der Waals surface area contributed by atoms with Crippen LogP contribution < -0.4 is 5.69 Å². The number of urea groups is 1. The van der Waals surface area contributed by atoms with E-state index < -0.39 is 0 Å². The van der Waals surface area contributed by atoms with Crippen LogP contribution in [0.1, 0.15) is 25.3 Å². The molecule has 0 bridgehead atoms. The smallest absolute Gasteiger partial charge is 0.325 e. The second kappa shape index (κ2) is 5.91. The number of hydrogen-bond donors (Lipinski definition) is 3. The van der Waals surface area contributed by atoms with Crippen LogP contribution in [0.3, 0.4) is 0 Å². The van der Waals surface area contributed by atoms with Crippen LogP contribution in [0.4, 0.5) is 4.79 Å². The number of amides is 2. The number of fused-ring (bicyclic) bond motifs is 3. The van der Waals surface area contributed by atoms with Gasteiger partial charge in [0, 0.05) is 38.4 Å². The minimum atomic E-state index is -0.323. The van der Waals surface area contributed by atoms with Crippen LogP contribution in [0.25, 0.3) is 22.2 Å². The third-order valence-corrected chi connectivity index (χ3v) is 4.94. The molecule has 1 aliphatic rings. The lowest BCUT2D eigenvalue weighted by molar-refractivity contribution is 0.141. The van der Waals surface area contributed by atoms with Gasteiger partial charge in [-0.25, -0.2) is 9.59 Å². The number of hydrogen-bond acceptors (Lipinski definition) is 4. The van der Waals surface area contributed by atoms with Crippen molar-refractivity contribution in [2.24, 2.45) is 5.92 Å². The highest BCUT2D eigenvalue weighted by molar-refractivity contribution is 6.01. The lowest BCUT2D eigenvalue weighted by Gasteiger charge is -2.33. The molecule has 3 aromatic heterocycles. The Balaban J connectivity index is 1.61. The van der Waals surface area contributed by atoms with Crippen LogP contribution in [0.15, 0.2) is 11.0 Å². The first-order chi connectivity index (χ1) is 12.0. The van der Waals surface area contributed by atoms with E-state index in [1.807, 2.05) is 11.1 Å². The average Bonchev–Trinajstić information content (AvgIpc) is 3.17. The predicted octanol–water partition coefficient (Wildman–Crippen LogP) is 1.41. The summed E-state index contributed by atoms with van der Waals surface area (Å²) in [4.78, 5) is 36.3. The van der Waals surface area contributed by atoms with E-state index in [1.54, 1.807) is 11.9 Å². The van der Waals surface area contributed by atoms with Crippen molar-refractivity contribution in [2.75, 3.05) is 20.1 Å². The molecule has 0 atom stereocenters. The van der Waals surface area contributed by atoms with Gasteiger partial charge < -0.3 is 19.8 Å². The van der Waals surface area contributed by atoms with Gasteiger partial charge in [-0.05, 0) is 18.8 Å². The quantitative estimate of drug-likeness (QED) is 0.653. The minimum absolute atomic E-state index is 0.0297. The largest absolute Gasteiger partial charge is 0.344 e. The molecule has 4 heterocycles. The molecule has 2 amide bonds. The van der Waals surface area contributed by atoms with Gasteiger partial charge in [-0.2, -0.15) is 0 Å². The number of nitrogens with one attached hydrogen (secondary N) is 3. The van der Waals surface area contributed by atoms with E-state index in [9.17, 15) is 9.59 Å². The molecule has 0 unspecified atom stereocenters. The molecule has 0 radical (unpaired) electrons. The van der Waals surface area contributed by atoms with Crippen LogP contribution in [0.2, 0.25) is 0 Å². The zero-order valence-electron chi connectivity index (χ0n) is 14.3. The SMILES string of the molecule is CC1CCN(C(=O)N(C)Cc2c[nH]c3nnc4[nH]c(=O)[nH]c4c23)CC1. The molecule has 0 spiro atoms. The Morgan fingerprint density at radius 1 is 1.28 bits per heavy atom. The number of aromatic amines is 3. The molecule has 9 nitrogen and oxygen atoms in total. The maximum Gasteiger partial charge on any atom is 0.325 e. The molecule has 1 aliphatic heterocycles. The van der Waals surface area contributed by atoms with E-state index in [1.165, 1.54) is 0 Å². The fourth-order valence-corrected chi connectivity index (χ4v) is 3.43. The summed E-state index contributed by atoms with van der Waals surface area (Å²) in [7, 11) is 1.80. The second-order valence-electron chi connectivity index (χ2n) is 6.85. The van der Waals surface area contributed by atoms with Gasteiger partial charge in [-0.1, -0.05) is 6.92 Å². The fourth-order valence-electron chi connectivity index (χ4n) is 3.43. The normalized spacial score (nSPS) is 16.0. The molecule has 0 aromatic carbocycles. The minimum Gasteiger partial charge on any atom is -0.344 e. The number of imidazole rings is 1. The van der Waals surface area contributed by atoms with Crippen molar-refractivity contribution in [3.05, 3.63) is 22.2 Å². The van der Waals surface area contributed by atoms with Gasteiger partial charge in [-0.3, -0.25) is 4.98 Å². The van der Waals surface area contributed by atoms with Gasteiger partial charge in [0.25, 0.3) is 0 Å². The summed E-state index contributed by atoms with van der Waals surface area (Å²) in [6, 6.07) is 0.0297. The molecule has 3 aromatic rings. The van der Waals surface area contributed by atoms with E-state index >= 15 is 0 Å². The number of H-pyrrole nitrogens is 3. The van der Waals surface area contributed by atoms with Gasteiger partial charge in [0.05, 0.1) is 10.9 Å². The van der Waals surface area contributed by atoms with Gasteiger partial charge in [0.15, 0.2) is 11.3 Å². The van der Waals surface area contributed by atoms with Crippen molar-refractivity contribution in [3.8, 4) is 0 Å². The summed E-state index contributed by atoms with van der Waals surface area (Å²) in [5, 5.41) is 8.85. The van der Waals surface area contributed by atoms with Crippen molar-refractivity contribution in [1.82, 2.24) is 34.9 Å².